The van der Waals surface area contributed by atoms with Gasteiger partial charge in [0.2, 0.25) is 6.17 Å². The van der Waals surface area contributed by atoms with Crippen LogP contribution in [0.1, 0.15) is 6.92 Å². The third-order valence-corrected chi connectivity index (χ3v) is 1.70. The van der Waals surface area contributed by atoms with E-state index < -0.39 is 24.5 Å². The van der Waals surface area contributed by atoms with Crippen LogP contribution in [0, 0.1) is 0 Å². The smallest absolute Gasteiger partial charge is 0.374 e. The summed E-state index contributed by atoms with van der Waals surface area (Å²) in [5.74, 6) is 0. The lowest BCUT2D eigenvalue weighted by atomic mass is 10.0. The Morgan fingerprint density at radius 3 is 1.92 bits per heavy atom. The van der Waals surface area contributed by atoms with Gasteiger partial charge in [0.05, 0.1) is 0 Å². The lowest BCUT2D eigenvalue weighted by Crippen LogP contribution is -2.52. The molecule has 74 valence electrons. The van der Waals surface area contributed by atoms with Gasteiger partial charge in [-0.3, -0.25) is 0 Å². The van der Waals surface area contributed by atoms with Crippen molar-refractivity contribution in [1.29, 1.82) is 0 Å². The number of nitrogens with two attached hydrogens (primary N) is 1. The molecule has 2 atom stereocenters. The van der Waals surface area contributed by atoms with Gasteiger partial charge >= 0.3 is 6.18 Å². The summed E-state index contributed by atoms with van der Waals surface area (Å²) in [6.45, 7) is 0.454. The maximum atomic E-state index is 12.6. The number of methoxy groups -OCH3 is 1. The van der Waals surface area contributed by atoms with E-state index in [0.717, 1.165) is 14.0 Å². The van der Waals surface area contributed by atoms with Gasteiger partial charge in [-0.05, 0) is 6.92 Å². The largest absolute Gasteiger partial charge is 0.422 e. The molecule has 0 aliphatic heterocycles. The highest BCUT2D eigenvalue weighted by Crippen LogP contribution is 2.32. The average Bonchev–Trinajstić information content (AvgIpc) is 2.00. The second-order valence-corrected chi connectivity index (χ2v) is 2.63. The first-order valence-electron chi connectivity index (χ1n) is 3.24. The Bertz CT molecular complexity index is 143. The van der Waals surface area contributed by atoms with Crippen molar-refractivity contribution < 1.29 is 22.3 Å². The van der Waals surface area contributed by atoms with Gasteiger partial charge in [-0.25, -0.2) is 4.39 Å². The third kappa shape index (κ3) is 2.31. The monoisotopic (exact) mass is 189 g/mol. The zero-order valence-electron chi connectivity index (χ0n) is 6.78. The van der Waals surface area contributed by atoms with E-state index in [0.29, 0.717) is 0 Å². The molecule has 0 bridgehead atoms. The lowest BCUT2D eigenvalue weighted by Gasteiger charge is -2.31. The topological polar surface area (TPSA) is 35.2 Å². The molecule has 0 heterocycles. The van der Waals surface area contributed by atoms with Crippen LogP contribution in [-0.4, -0.2) is 31.6 Å². The van der Waals surface area contributed by atoms with Crippen molar-refractivity contribution in [2.24, 2.45) is 5.73 Å². The normalized spacial score (nSPS) is 20.2. The van der Waals surface area contributed by atoms with Crippen LogP contribution < -0.4 is 5.73 Å². The molecule has 12 heavy (non-hydrogen) atoms. The van der Waals surface area contributed by atoms with Crippen molar-refractivity contribution in [3.8, 4) is 0 Å². The predicted octanol–water partition coefficient (Wildman–Crippen LogP) is 1.25. The maximum absolute atomic E-state index is 12.6. The molecule has 6 heteroatoms. The molecule has 0 fully saturated rings. The van der Waals surface area contributed by atoms with Crippen LogP contribution in [0.15, 0.2) is 0 Å². The molecular formula is C6H11F4NO. The highest BCUT2D eigenvalue weighted by Gasteiger charge is 2.52. The Kier molecular flexibility index (Phi) is 3.46. The molecule has 2 unspecified atom stereocenters. The van der Waals surface area contributed by atoms with Crippen LogP contribution in [0.25, 0.3) is 0 Å². The molecular weight excluding hydrogens is 178 g/mol. The van der Waals surface area contributed by atoms with E-state index in [1.807, 2.05) is 0 Å². The van der Waals surface area contributed by atoms with Gasteiger partial charge in [-0.1, -0.05) is 0 Å². The van der Waals surface area contributed by atoms with Crippen molar-refractivity contribution in [2.45, 2.75) is 24.9 Å². The first kappa shape index (κ1) is 11.6. The fourth-order valence-corrected chi connectivity index (χ4v) is 0.636. The minimum Gasteiger partial charge on any atom is -0.374 e. The zero-order valence-corrected chi connectivity index (χ0v) is 6.78. The van der Waals surface area contributed by atoms with E-state index in [1.165, 1.54) is 0 Å². The minimum absolute atomic E-state index is 0.524. The Hall–Kier alpha value is -0.360. The molecule has 0 saturated heterocycles. The van der Waals surface area contributed by atoms with Crippen LogP contribution in [0.5, 0.6) is 0 Å². The highest BCUT2D eigenvalue weighted by atomic mass is 19.4. The average molecular weight is 189 g/mol. The van der Waals surface area contributed by atoms with Crippen molar-refractivity contribution in [3.05, 3.63) is 0 Å². The van der Waals surface area contributed by atoms with Crippen LogP contribution in [0.2, 0.25) is 0 Å². The van der Waals surface area contributed by atoms with E-state index in [-0.39, 0.29) is 0 Å². The number of alkyl halides is 4. The van der Waals surface area contributed by atoms with E-state index in [9.17, 15) is 17.6 Å². The quantitative estimate of drug-likeness (QED) is 0.678. The summed E-state index contributed by atoms with van der Waals surface area (Å²) in [5.41, 5.74) is 2.96. The van der Waals surface area contributed by atoms with E-state index >= 15 is 0 Å². The van der Waals surface area contributed by atoms with E-state index in [1.54, 1.807) is 0 Å². The summed E-state index contributed by atoms with van der Waals surface area (Å²) in [6, 6.07) is 0. The fourth-order valence-electron chi connectivity index (χ4n) is 0.636. The molecule has 0 rings (SSSR count). The van der Waals surface area contributed by atoms with Crippen LogP contribution in [-0.2, 0) is 4.74 Å². The van der Waals surface area contributed by atoms with Gasteiger partial charge in [0, 0.05) is 13.7 Å². The van der Waals surface area contributed by atoms with E-state index in [4.69, 9.17) is 5.73 Å². The number of hydrogen-bond acceptors (Lipinski definition) is 2. The van der Waals surface area contributed by atoms with Crippen molar-refractivity contribution in [1.82, 2.24) is 0 Å². The molecule has 0 spiro atoms. The summed E-state index contributed by atoms with van der Waals surface area (Å²) in [6.07, 6.45) is -7.98. The van der Waals surface area contributed by atoms with Gasteiger partial charge in [-0.15, -0.1) is 0 Å². The molecule has 0 aliphatic rings. The molecule has 0 radical (unpaired) electrons. The molecule has 0 amide bonds. The molecule has 0 saturated carbocycles. The van der Waals surface area contributed by atoms with Gasteiger partial charge in [0.1, 0.15) is 5.60 Å². The number of halogens is 4. The molecule has 2 N–H and O–H groups in total. The van der Waals surface area contributed by atoms with Crippen LogP contribution in [0.4, 0.5) is 17.6 Å². The Morgan fingerprint density at radius 2 is 1.83 bits per heavy atom. The third-order valence-electron chi connectivity index (χ3n) is 1.70. The lowest BCUT2D eigenvalue weighted by molar-refractivity contribution is -0.231. The van der Waals surface area contributed by atoms with Crippen LogP contribution >= 0.6 is 0 Å². The Morgan fingerprint density at radius 1 is 1.42 bits per heavy atom. The van der Waals surface area contributed by atoms with Crippen LogP contribution in [0.3, 0.4) is 0 Å². The second kappa shape index (κ2) is 3.57. The standard InChI is InChI=1S/C6H11F4NO/c1-5(3-11,12-2)4(7)6(8,9)10/h4H,3,11H2,1-2H3. The minimum atomic E-state index is -4.93. The van der Waals surface area contributed by atoms with Gasteiger partial charge in [-0.2, -0.15) is 13.2 Å². The number of rotatable bonds is 3. The molecule has 0 aromatic heterocycles. The SMILES string of the molecule is COC(C)(CN)C(F)C(F)(F)F. The van der Waals surface area contributed by atoms with Crippen molar-refractivity contribution in [2.75, 3.05) is 13.7 Å². The summed E-state index contributed by atoms with van der Waals surface area (Å²) in [7, 11) is 0.991. The fraction of sp³-hybridized carbons (Fsp3) is 1.00. The Balaban J connectivity index is 4.53. The highest BCUT2D eigenvalue weighted by molar-refractivity contribution is 4.89. The predicted molar refractivity (Wildman–Crippen MR) is 35.4 cm³/mol. The Labute approximate surface area is 67.7 Å². The molecule has 2 nitrogen and oxygen atoms in total. The maximum Gasteiger partial charge on any atom is 0.422 e. The van der Waals surface area contributed by atoms with Gasteiger partial charge < -0.3 is 10.5 Å². The molecule has 0 aromatic rings. The van der Waals surface area contributed by atoms with Gasteiger partial charge in [0.25, 0.3) is 0 Å². The first-order valence-corrected chi connectivity index (χ1v) is 3.24. The summed E-state index contributed by atoms with van der Waals surface area (Å²) in [4.78, 5) is 0. The summed E-state index contributed by atoms with van der Waals surface area (Å²) < 4.78 is 52.4. The zero-order chi connectivity index (χ0) is 9.99. The summed E-state index contributed by atoms with van der Waals surface area (Å²) >= 11 is 0. The van der Waals surface area contributed by atoms with Gasteiger partial charge in [0.15, 0.2) is 0 Å². The number of hydrogen-bond donors (Lipinski definition) is 1. The molecule has 0 aromatic carbocycles. The summed E-state index contributed by atoms with van der Waals surface area (Å²) in [5, 5.41) is 0. The van der Waals surface area contributed by atoms with Crippen molar-refractivity contribution >= 4 is 0 Å². The first-order chi connectivity index (χ1) is 5.28. The molecule has 0 aliphatic carbocycles. The second-order valence-electron chi connectivity index (χ2n) is 2.63. The van der Waals surface area contributed by atoms with E-state index in [2.05, 4.69) is 4.74 Å². The number of ether oxygens (including phenoxy) is 1. The van der Waals surface area contributed by atoms with Crippen molar-refractivity contribution in [3.63, 3.8) is 0 Å².